The van der Waals surface area contributed by atoms with E-state index in [0.717, 1.165) is 23.4 Å². The summed E-state index contributed by atoms with van der Waals surface area (Å²) >= 11 is 6.00. The van der Waals surface area contributed by atoms with E-state index >= 15 is 0 Å². The Kier molecular flexibility index (Phi) is 8.50. The summed E-state index contributed by atoms with van der Waals surface area (Å²) in [5.41, 5.74) is 7.99. The number of halogens is 3. The van der Waals surface area contributed by atoms with Gasteiger partial charge in [0.15, 0.2) is 0 Å². The third kappa shape index (κ3) is 6.05. The molecule has 0 spiro atoms. The second kappa shape index (κ2) is 11.2. The van der Waals surface area contributed by atoms with Crippen LogP contribution in [0.2, 0.25) is 0 Å². The number of benzene rings is 2. The van der Waals surface area contributed by atoms with E-state index in [4.69, 9.17) is 17.3 Å². The molecule has 0 radical (unpaired) electrons. The van der Waals surface area contributed by atoms with Crippen molar-refractivity contribution >= 4 is 17.5 Å². The predicted molar refractivity (Wildman–Crippen MR) is 134 cm³/mol. The van der Waals surface area contributed by atoms with Crippen LogP contribution in [0.25, 0.3) is 11.1 Å². The molecule has 34 heavy (non-hydrogen) atoms. The minimum Gasteiger partial charge on any atom is -0.344 e. The van der Waals surface area contributed by atoms with E-state index < -0.39 is 11.6 Å². The first-order valence-electron chi connectivity index (χ1n) is 11.4. The average molecular weight is 488 g/mol. The van der Waals surface area contributed by atoms with Crippen molar-refractivity contribution in [1.29, 1.82) is 0 Å². The number of alkyl halides is 1. The Hall–Kier alpha value is -2.70. The highest BCUT2D eigenvalue weighted by Crippen LogP contribution is 2.41. The first-order valence-corrected chi connectivity index (χ1v) is 11.9. The summed E-state index contributed by atoms with van der Waals surface area (Å²) in [4.78, 5) is 14.7. The number of nitrogens with zero attached hydrogens (tertiary/aromatic N) is 2. The van der Waals surface area contributed by atoms with Crippen LogP contribution < -0.4 is 5.73 Å². The second-order valence-electron chi connectivity index (χ2n) is 9.52. The summed E-state index contributed by atoms with van der Waals surface area (Å²) < 4.78 is 30.7. The second-order valence-corrected chi connectivity index (χ2v) is 9.79. The van der Waals surface area contributed by atoms with E-state index in [-0.39, 0.29) is 28.8 Å². The Morgan fingerprint density at radius 2 is 1.82 bits per heavy atom. The zero-order chi connectivity index (χ0) is 24.9. The summed E-state index contributed by atoms with van der Waals surface area (Å²) in [5, 5.41) is 0. The Bertz CT molecular complexity index is 1110. The molecular weight excluding hydrogens is 456 g/mol. The molecule has 0 unspecified atom stereocenters. The minimum atomic E-state index is -0.511. The highest BCUT2D eigenvalue weighted by atomic mass is 35.5. The number of hydrogen-bond donors (Lipinski definition) is 1. The Morgan fingerprint density at radius 3 is 2.44 bits per heavy atom. The topological polar surface area (TPSA) is 51.3 Å². The quantitative estimate of drug-likeness (QED) is 0.377. The van der Waals surface area contributed by atoms with Crippen LogP contribution in [-0.4, -0.2) is 34.3 Å². The van der Waals surface area contributed by atoms with E-state index in [1.54, 1.807) is 4.90 Å². The minimum absolute atomic E-state index is 0.151. The van der Waals surface area contributed by atoms with Crippen molar-refractivity contribution in [3.8, 4) is 11.1 Å². The molecule has 1 aromatic heterocycles. The van der Waals surface area contributed by atoms with Crippen molar-refractivity contribution in [3.63, 3.8) is 0 Å². The van der Waals surface area contributed by atoms with Gasteiger partial charge in [0.25, 0.3) is 0 Å². The van der Waals surface area contributed by atoms with Crippen molar-refractivity contribution in [1.82, 2.24) is 9.47 Å². The Balaban J connectivity index is 2.20. The lowest BCUT2D eigenvalue weighted by Crippen LogP contribution is -2.43. The molecule has 0 bridgehead atoms. The van der Waals surface area contributed by atoms with Crippen LogP contribution in [-0.2, 0) is 11.3 Å². The molecule has 3 aromatic rings. The average Bonchev–Trinajstić information content (AvgIpc) is 3.19. The number of carbonyl (C=O) groups is 1. The van der Waals surface area contributed by atoms with Crippen LogP contribution in [0.5, 0.6) is 0 Å². The van der Waals surface area contributed by atoms with Crippen molar-refractivity contribution in [3.05, 3.63) is 83.7 Å². The normalized spacial score (nSPS) is 12.6. The van der Waals surface area contributed by atoms with Crippen LogP contribution in [0.3, 0.4) is 0 Å². The van der Waals surface area contributed by atoms with Crippen LogP contribution in [0.1, 0.15) is 44.5 Å². The number of aromatic nitrogens is 1. The Labute approximate surface area is 205 Å². The van der Waals surface area contributed by atoms with Gasteiger partial charge in [-0.05, 0) is 48.2 Å². The smallest absolute Gasteiger partial charge is 0.238 e. The van der Waals surface area contributed by atoms with Crippen molar-refractivity contribution < 1.29 is 13.6 Å². The van der Waals surface area contributed by atoms with E-state index in [9.17, 15) is 13.6 Å². The molecule has 0 fully saturated rings. The molecule has 1 amide bonds. The van der Waals surface area contributed by atoms with E-state index in [1.165, 1.54) is 6.07 Å². The van der Waals surface area contributed by atoms with E-state index in [1.807, 2.05) is 47.2 Å². The molecule has 3 rings (SSSR count). The van der Waals surface area contributed by atoms with Crippen LogP contribution >= 0.6 is 11.6 Å². The Morgan fingerprint density at radius 1 is 1.12 bits per heavy atom. The molecule has 0 aliphatic heterocycles. The predicted octanol–water partition coefficient (Wildman–Crippen LogP) is 5.99. The lowest BCUT2D eigenvalue weighted by Gasteiger charge is -2.41. The van der Waals surface area contributed by atoms with E-state index in [0.29, 0.717) is 31.6 Å². The monoisotopic (exact) mass is 487 g/mol. The molecule has 0 aliphatic carbocycles. The van der Waals surface area contributed by atoms with Crippen molar-refractivity contribution in [2.75, 3.05) is 19.0 Å². The van der Waals surface area contributed by atoms with Gasteiger partial charge in [0.2, 0.25) is 5.91 Å². The summed E-state index contributed by atoms with van der Waals surface area (Å²) in [6.45, 7) is 7.56. The zero-order valence-electron chi connectivity index (χ0n) is 19.9. The van der Waals surface area contributed by atoms with Gasteiger partial charge in [-0.25, -0.2) is 8.78 Å². The third-order valence-electron chi connectivity index (χ3n) is 5.82. The standard InChI is InChI=1S/C27H32ClF2N3O/c1-27(2,3)26(33(13-7-12-31)25(34)16-28)24-14-20(22-15-21(29)10-11-23(22)30)18-32(24)17-19-8-5-4-6-9-19/h4-6,8-11,14-15,18,26H,7,12-13,16-17,31H2,1-3H3/t26-/m0/s1. The van der Waals surface area contributed by atoms with Gasteiger partial charge in [-0.3, -0.25) is 4.79 Å². The summed E-state index contributed by atoms with van der Waals surface area (Å²) in [7, 11) is 0. The van der Waals surface area contributed by atoms with E-state index in [2.05, 4.69) is 20.8 Å². The first kappa shape index (κ1) is 25.9. The fourth-order valence-corrected chi connectivity index (χ4v) is 4.50. The molecule has 0 aliphatic rings. The highest BCUT2D eigenvalue weighted by molar-refractivity contribution is 6.27. The number of hydrogen-bond acceptors (Lipinski definition) is 2. The first-order chi connectivity index (χ1) is 16.2. The van der Waals surface area contributed by atoms with Gasteiger partial charge in [-0.2, -0.15) is 0 Å². The van der Waals surface area contributed by atoms with Crippen molar-refractivity contribution in [2.45, 2.75) is 39.8 Å². The molecule has 1 atom stereocenters. The molecule has 1 heterocycles. The number of nitrogens with two attached hydrogens (primary N) is 1. The van der Waals surface area contributed by atoms with Gasteiger partial charge < -0.3 is 15.2 Å². The third-order valence-corrected chi connectivity index (χ3v) is 6.04. The maximum Gasteiger partial charge on any atom is 0.238 e. The maximum atomic E-state index is 14.7. The summed E-state index contributed by atoms with van der Waals surface area (Å²) in [5.74, 6) is -1.36. The van der Waals surface area contributed by atoms with Crippen LogP contribution in [0.15, 0.2) is 60.8 Å². The fraction of sp³-hybridized carbons (Fsp3) is 0.370. The fourth-order valence-electron chi connectivity index (χ4n) is 4.35. The van der Waals surface area contributed by atoms with Crippen LogP contribution in [0, 0.1) is 17.0 Å². The molecule has 0 saturated heterocycles. The van der Waals surface area contributed by atoms with Gasteiger partial charge in [-0.15, -0.1) is 11.6 Å². The number of rotatable bonds is 9. The summed E-state index contributed by atoms with van der Waals surface area (Å²) in [6, 6.07) is 14.8. The SMILES string of the molecule is CC(C)(C)[C@H](c1cc(-c2cc(F)ccc2F)cn1Cc1ccccc1)N(CCCN)C(=O)CCl. The molecule has 0 saturated carbocycles. The van der Waals surface area contributed by atoms with Gasteiger partial charge in [-0.1, -0.05) is 51.1 Å². The molecule has 7 heteroatoms. The molecular formula is C27H32ClF2N3O. The molecule has 2 aromatic carbocycles. The highest BCUT2D eigenvalue weighted by Gasteiger charge is 2.36. The van der Waals surface area contributed by atoms with Gasteiger partial charge in [0.05, 0.1) is 6.04 Å². The number of amides is 1. The van der Waals surface area contributed by atoms with Crippen LogP contribution in [0.4, 0.5) is 8.78 Å². The van der Waals surface area contributed by atoms with Crippen molar-refractivity contribution in [2.24, 2.45) is 11.1 Å². The summed E-state index contributed by atoms with van der Waals surface area (Å²) in [6.07, 6.45) is 2.45. The zero-order valence-corrected chi connectivity index (χ0v) is 20.7. The maximum absolute atomic E-state index is 14.7. The molecule has 2 N–H and O–H groups in total. The van der Waals surface area contributed by atoms with Gasteiger partial charge in [0, 0.05) is 36.1 Å². The molecule has 4 nitrogen and oxygen atoms in total. The lowest BCUT2D eigenvalue weighted by molar-refractivity contribution is -0.133. The van der Waals surface area contributed by atoms with Gasteiger partial charge >= 0.3 is 0 Å². The largest absolute Gasteiger partial charge is 0.344 e. The van der Waals surface area contributed by atoms with Gasteiger partial charge in [0.1, 0.15) is 17.5 Å². The number of carbonyl (C=O) groups excluding carboxylic acids is 1. The lowest BCUT2D eigenvalue weighted by atomic mass is 9.83. The molecule has 182 valence electrons.